The number of benzene rings is 3. The van der Waals surface area contributed by atoms with Gasteiger partial charge >= 0.3 is 0 Å². The Labute approximate surface area is 168 Å². The van der Waals surface area contributed by atoms with E-state index in [4.69, 9.17) is 16.3 Å². The number of carbonyl (C=O) groups excluding carboxylic acids is 2. The average molecular weight is 395 g/mol. The van der Waals surface area contributed by atoms with Crippen molar-refractivity contribution in [3.05, 3.63) is 88.9 Å². The van der Waals surface area contributed by atoms with E-state index < -0.39 is 0 Å². The average Bonchev–Trinajstić information content (AvgIpc) is 2.70. The first-order valence-corrected chi connectivity index (χ1v) is 9.15. The van der Waals surface area contributed by atoms with Crippen molar-refractivity contribution < 1.29 is 14.3 Å². The van der Waals surface area contributed by atoms with E-state index in [-0.39, 0.29) is 11.8 Å². The summed E-state index contributed by atoms with van der Waals surface area (Å²) in [5.41, 5.74) is 1.81. The molecule has 0 aliphatic rings. The molecule has 0 spiro atoms. The molecule has 3 aromatic rings. The highest BCUT2D eigenvalue weighted by molar-refractivity contribution is 6.31. The van der Waals surface area contributed by atoms with Gasteiger partial charge in [-0.25, -0.2) is 0 Å². The van der Waals surface area contributed by atoms with Crippen molar-refractivity contribution >= 4 is 34.8 Å². The highest BCUT2D eigenvalue weighted by Gasteiger charge is 2.14. The Kier molecular flexibility index (Phi) is 6.29. The zero-order valence-electron chi connectivity index (χ0n) is 15.2. The summed E-state index contributed by atoms with van der Waals surface area (Å²) >= 11 is 5.94. The maximum absolute atomic E-state index is 12.7. The van der Waals surface area contributed by atoms with Gasteiger partial charge in [-0.3, -0.25) is 9.59 Å². The second-order valence-corrected chi connectivity index (χ2v) is 6.36. The minimum Gasteiger partial charge on any atom is -0.494 e. The van der Waals surface area contributed by atoms with Gasteiger partial charge in [0.1, 0.15) is 5.75 Å². The number of rotatable bonds is 6. The Morgan fingerprint density at radius 2 is 1.64 bits per heavy atom. The van der Waals surface area contributed by atoms with Gasteiger partial charge in [0, 0.05) is 16.3 Å². The van der Waals surface area contributed by atoms with Crippen LogP contribution >= 0.6 is 11.6 Å². The number of ether oxygens (including phenoxy) is 1. The smallest absolute Gasteiger partial charge is 0.257 e. The van der Waals surface area contributed by atoms with Crippen molar-refractivity contribution in [3.8, 4) is 5.75 Å². The van der Waals surface area contributed by atoms with Gasteiger partial charge < -0.3 is 15.4 Å². The van der Waals surface area contributed by atoms with Crippen molar-refractivity contribution in [2.45, 2.75) is 6.92 Å². The SMILES string of the molecule is CCOc1ccc(NC(=O)c2ccccc2NC(=O)c2cccc(Cl)c2)cc1. The van der Waals surface area contributed by atoms with Crippen LogP contribution in [0, 0.1) is 0 Å². The number of para-hydroxylation sites is 1. The monoisotopic (exact) mass is 394 g/mol. The molecule has 2 amide bonds. The van der Waals surface area contributed by atoms with Crippen LogP contribution in [-0.2, 0) is 0 Å². The fourth-order valence-corrected chi connectivity index (χ4v) is 2.80. The topological polar surface area (TPSA) is 67.4 Å². The Bertz CT molecular complexity index is 987. The highest BCUT2D eigenvalue weighted by Crippen LogP contribution is 2.21. The highest BCUT2D eigenvalue weighted by atomic mass is 35.5. The first kappa shape index (κ1) is 19.5. The van der Waals surface area contributed by atoms with Crippen molar-refractivity contribution in [1.82, 2.24) is 0 Å². The van der Waals surface area contributed by atoms with Crippen LogP contribution < -0.4 is 15.4 Å². The molecular weight excluding hydrogens is 376 g/mol. The van der Waals surface area contributed by atoms with Gasteiger partial charge in [-0.05, 0) is 61.5 Å². The van der Waals surface area contributed by atoms with Gasteiger partial charge in [0.2, 0.25) is 0 Å². The Morgan fingerprint density at radius 1 is 0.893 bits per heavy atom. The molecule has 5 nitrogen and oxygen atoms in total. The van der Waals surface area contributed by atoms with Crippen LogP contribution in [0.1, 0.15) is 27.6 Å². The van der Waals surface area contributed by atoms with Gasteiger partial charge in [-0.2, -0.15) is 0 Å². The van der Waals surface area contributed by atoms with Crippen LogP contribution in [0.4, 0.5) is 11.4 Å². The number of hydrogen-bond acceptors (Lipinski definition) is 3. The molecule has 0 bridgehead atoms. The molecule has 3 rings (SSSR count). The zero-order valence-corrected chi connectivity index (χ0v) is 16.0. The molecule has 0 aliphatic carbocycles. The maximum atomic E-state index is 12.7. The Morgan fingerprint density at radius 3 is 2.36 bits per heavy atom. The number of halogens is 1. The maximum Gasteiger partial charge on any atom is 0.257 e. The van der Waals surface area contributed by atoms with Gasteiger partial charge in [-0.1, -0.05) is 29.8 Å². The van der Waals surface area contributed by atoms with Crippen LogP contribution in [0.3, 0.4) is 0 Å². The Hall–Kier alpha value is -3.31. The summed E-state index contributed by atoms with van der Waals surface area (Å²) in [5.74, 6) is 0.0599. The number of amides is 2. The second-order valence-electron chi connectivity index (χ2n) is 5.92. The van der Waals surface area contributed by atoms with Gasteiger partial charge in [0.15, 0.2) is 0 Å². The van der Waals surface area contributed by atoms with E-state index in [1.807, 2.05) is 6.92 Å². The first-order chi connectivity index (χ1) is 13.6. The van der Waals surface area contributed by atoms with Gasteiger partial charge in [-0.15, -0.1) is 0 Å². The van der Waals surface area contributed by atoms with Crippen molar-refractivity contribution in [2.24, 2.45) is 0 Å². The number of carbonyl (C=O) groups is 2. The van der Waals surface area contributed by atoms with Crippen LogP contribution in [0.15, 0.2) is 72.8 Å². The third kappa shape index (κ3) is 4.90. The van der Waals surface area contributed by atoms with E-state index >= 15 is 0 Å². The number of anilines is 2. The summed E-state index contributed by atoms with van der Waals surface area (Å²) in [7, 11) is 0. The molecule has 0 radical (unpaired) electrons. The summed E-state index contributed by atoms with van der Waals surface area (Å²) in [6.07, 6.45) is 0. The van der Waals surface area contributed by atoms with Gasteiger partial charge in [0.25, 0.3) is 11.8 Å². The van der Waals surface area contributed by atoms with Crippen LogP contribution in [0.5, 0.6) is 5.75 Å². The molecule has 142 valence electrons. The lowest BCUT2D eigenvalue weighted by Crippen LogP contribution is -2.18. The molecule has 0 atom stereocenters. The molecule has 0 aromatic heterocycles. The van der Waals surface area contributed by atoms with Crippen molar-refractivity contribution in [2.75, 3.05) is 17.2 Å². The lowest BCUT2D eigenvalue weighted by atomic mass is 10.1. The lowest BCUT2D eigenvalue weighted by Gasteiger charge is -2.12. The summed E-state index contributed by atoms with van der Waals surface area (Å²) in [4.78, 5) is 25.2. The summed E-state index contributed by atoms with van der Waals surface area (Å²) < 4.78 is 5.39. The molecule has 28 heavy (non-hydrogen) atoms. The van der Waals surface area contributed by atoms with Crippen LogP contribution in [-0.4, -0.2) is 18.4 Å². The predicted octanol–water partition coefficient (Wildman–Crippen LogP) is 5.24. The van der Waals surface area contributed by atoms with E-state index in [1.165, 1.54) is 0 Å². The first-order valence-electron chi connectivity index (χ1n) is 8.77. The standard InChI is InChI=1S/C22H19ClN2O3/c1-2-28-18-12-10-17(11-13-18)24-22(27)19-8-3-4-9-20(19)25-21(26)15-6-5-7-16(23)14-15/h3-14H,2H2,1H3,(H,24,27)(H,25,26). The molecule has 0 unspecified atom stereocenters. The van der Waals surface area contributed by atoms with E-state index in [1.54, 1.807) is 72.8 Å². The third-order valence-electron chi connectivity index (χ3n) is 3.93. The fourth-order valence-electron chi connectivity index (χ4n) is 2.61. The lowest BCUT2D eigenvalue weighted by molar-refractivity contribution is 0.102. The zero-order chi connectivity index (χ0) is 19.9. The molecule has 0 aliphatic heterocycles. The number of nitrogens with one attached hydrogen (secondary N) is 2. The van der Waals surface area contributed by atoms with E-state index in [0.29, 0.717) is 34.1 Å². The van der Waals surface area contributed by atoms with Crippen molar-refractivity contribution in [1.29, 1.82) is 0 Å². The minimum atomic E-state index is -0.344. The fraction of sp³-hybridized carbons (Fsp3) is 0.0909. The summed E-state index contributed by atoms with van der Waals surface area (Å²) in [5, 5.41) is 6.06. The molecule has 3 aromatic carbocycles. The molecule has 0 fully saturated rings. The third-order valence-corrected chi connectivity index (χ3v) is 4.16. The van der Waals surface area contributed by atoms with Crippen molar-refractivity contribution in [3.63, 3.8) is 0 Å². The van der Waals surface area contributed by atoms with E-state index in [9.17, 15) is 9.59 Å². The summed E-state index contributed by atoms with van der Waals surface area (Å²) in [6, 6.07) is 20.5. The van der Waals surface area contributed by atoms with E-state index in [2.05, 4.69) is 10.6 Å². The predicted molar refractivity (Wildman–Crippen MR) is 111 cm³/mol. The van der Waals surface area contributed by atoms with Gasteiger partial charge in [0.05, 0.1) is 17.9 Å². The Balaban J connectivity index is 1.75. The molecular formula is C22H19ClN2O3. The quantitative estimate of drug-likeness (QED) is 0.600. The molecule has 2 N–H and O–H groups in total. The van der Waals surface area contributed by atoms with E-state index in [0.717, 1.165) is 5.75 Å². The normalized spacial score (nSPS) is 10.2. The largest absolute Gasteiger partial charge is 0.494 e. The summed E-state index contributed by atoms with van der Waals surface area (Å²) in [6.45, 7) is 2.48. The second kappa shape index (κ2) is 9.06. The minimum absolute atomic E-state index is 0.328. The molecule has 0 saturated heterocycles. The number of hydrogen-bond donors (Lipinski definition) is 2. The molecule has 0 heterocycles. The van der Waals surface area contributed by atoms with Crippen LogP contribution in [0.2, 0.25) is 5.02 Å². The molecule has 6 heteroatoms. The van der Waals surface area contributed by atoms with Crippen LogP contribution in [0.25, 0.3) is 0 Å². The molecule has 0 saturated carbocycles.